The van der Waals surface area contributed by atoms with Gasteiger partial charge >= 0.3 is 0 Å². The van der Waals surface area contributed by atoms with Crippen LogP contribution in [0.1, 0.15) is 6.92 Å². The van der Waals surface area contributed by atoms with Gasteiger partial charge in [0.2, 0.25) is 5.24 Å². The maximum Gasteiger partial charge on any atom is 0.218 e. The second-order valence-corrected chi connectivity index (χ2v) is 1.08. The number of halogens is 1. The molecule has 0 saturated carbocycles. The highest BCUT2D eigenvalue weighted by Gasteiger charge is 1.67. The van der Waals surface area contributed by atoms with Gasteiger partial charge in [0.25, 0.3) is 0 Å². The van der Waals surface area contributed by atoms with Crippen molar-refractivity contribution in [2.75, 3.05) is 0 Å². The minimum Gasteiger partial charge on any atom is -0.379 e. The molecule has 0 aromatic rings. The molecule has 0 aromatic carbocycles. The molecule has 5 heteroatoms. The zero-order valence-corrected chi connectivity index (χ0v) is 4.34. The highest BCUT2D eigenvalue weighted by Crippen LogP contribution is 1.67. The summed E-state index contributed by atoms with van der Waals surface area (Å²) in [6.45, 7) is 1.29. The van der Waals surface area contributed by atoms with Crippen LogP contribution in [0.4, 0.5) is 0 Å². The molecule has 0 heterocycles. The van der Waals surface area contributed by atoms with E-state index in [0.29, 0.717) is 0 Å². The van der Waals surface area contributed by atoms with Gasteiger partial charge in [0.15, 0.2) is 5.34 Å². The Morgan fingerprint density at radius 2 is 1.86 bits per heavy atom. The Labute approximate surface area is 45.0 Å². The Morgan fingerprint density at radius 3 is 1.86 bits per heavy atom. The molecule has 0 unspecified atom stereocenters. The van der Waals surface area contributed by atoms with Crippen LogP contribution in [0.5, 0.6) is 0 Å². The zero-order chi connectivity index (χ0) is 6.28. The van der Waals surface area contributed by atoms with Crippen LogP contribution < -0.4 is 0 Å². The van der Waals surface area contributed by atoms with Crippen LogP contribution in [-0.4, -0.2) is 10.4 Å². The van der Waals surface area contributed by atoms with E-state index >= 15 is 0 Å². The van der Waals surface area contributed by atoms with E-state index in [0.717, 1.165) is 0 Å². The SMILES string of the molecule is CC(=O)Cl.O=NO. The van der Waals surface area contributed by atoms with Gasteiger partial charge in [-0.3, -0.25) is 4.79 Å². The van der Waals surface area contributed by atoms with Crippen molar-refractivity contribution in [2.24, 2.45) is 5.34 Å². The van der Waals surface area contributed by atoms with Gasteiger partial charge in [-0.2, -0.15) is 0 Å². The lowest BCUT2D eigenvalue weighted by Crippen LogP contribution is -1.62. The van der Waals surface area contributed by atoms with Crippen molar-refractivity contribution >= 4 is 16.8 Å². The van der Waals surface area contributed by atoms with E-state index in [2.05, 4.69) is 11.6 Å². The summed E-state index contributed by atoms with van der Waals surface area (Å²) in [6, 6.07) is 0. The Balaban J connectivity index is 0. The number of hydrogen-bond donors (Lipinski definition) is 1. The largest absolute Gasteiger partial charge is 0.379 e. The first-order chi connectivity index (χ1) is 3.15. The third-order valence-corrected chi connectivity index (χ3v) is 0. The van der Waals surface area contributed by atoms with Crippen molar-refractivity contribution in [3.63, 3.8) is 0 Å². The summed E-state index contributed by atoms with van der Waals surface area (Å²) in [5.74, 6) is 0. The quantitative estimate of drug-likeness (QED) is 0.297. The van der Waals surface area contributed by atoms with Gasteiger partial charge in [-0.15, -0.1) is 4.91 Å². The Bertz CT molecular complexity index is 60.0. The molecule has 0 saturated heterocycles. The average molecular weight is 126 g/mol. The van der Waals surface area contributed by atoms with Crippen LogP contribution in [0.2, 0.25) is 0 Å². The monoisotopic (exact) mass is 125 g/mol. The van der Waals surface area contributed by atoms with Crippen LogP contribution in [0.25, 0.3) is 0 Å². The first-order valence-electron chi connectivity index (χ1n) is 1.28. The van der Waals surface area contributed by atoms with Gasteiger partial charge in [-0.25, -0.2) is 0 Å². The smallest absolute Gasteiger partial charge is 0.218 e. The molecule has 0 radical (unpaired) electrons. The summed E-state index contributed by atoms with van der Waals surface area (Å²) in [7, 11) is 0. The fraction of sp³-hybridized carbons (Fsp3) is 0.500. The molecule has 0 aliphatic heterocycles. The molecule has 42 valence electrons. The molecule has 0 spiro atoms. The van der Waals surface area contributed by atoms with E-state index in [1.165, 1.54) is 12.3 Å². The van der Waals surface area contributed by atoms with Gasteiger partial charge in [0, 0.05) is 6.92 Å². The third-order valence-electron chi connectivity index (χ3n) is 0. The molecule has 0 aliphatic carbocycles. The summed E-state index contributed by atoms with van der Waals surface area (Å²) in [4.78, 5) is 17.3. The van der Waals surface area contributed by atoms with E-state index < -0.39 is 0 Å². The molecule has 7 heavy (non-hydrogen) atoms. The van der Waals surface area contributed by atoms with Crippen LogP contribution >= 0.6 is 11.6 Å². The maximum atomic E-state index is 9.21. The van der Waals surface area contributed by atoms with Crippen molar-refractivity contribution in [2.45, 2.75) is 6.92 Å². The standard InChI is InChI=1S/C2H3ClO.HNO2/c1-2(3)4;2-1-3/h1H3;(H,2,3). The lowest BCUT2D eigenvalue weighted by Gasteiger charge is -1.52. The first kappa shape index (κ1) is 9.61. The highest BCUT2D eigenvalue weighted by atomic mass is 35.5. The van der Waals surface area contributed by atoms with E-state index in [-0.39, 0.29) is 5.24 Å². The van der Waals surface area contributed by atoms with Crippen molar-refractivity contribution in [1.82, 2.24) is 0 Å². The lowest BCUT2D eigenvalue weighted by molar-refractivity contribution is -0.109. The average Bonchev–Trinajstić information content (AvgIpc) is 1.33. The van der Waals surface area contributed by atoms with E-state index in [4.69, 9.17) is 10.1 Å². The van der Waals surface area contributed by atoms with E-state index in [1.807, 2.05) is 0 Å². The summed E-state index contributed by atoms with van der Waals surface area (Å²) >= 11 is 4.64. The summed E-state index contributed by atoms with van der Waals surface area (Å²) < 4.78 is 0. The van der Waals surface area contributed by atoms with E-state index in [9.17, 15) is 4.79 Å². The van der Waals surface area contributed by atoms with Crippen LogP contribution in [0, 0.1) is 4.91 Å². The van der Waals surface area contributed by atoms with E-state index in [1.54, 1.807) is 0 Å². The normalized spacial score (nSPS) is 5.43. The molecule has 0 amide bonds. The third kappa shape index (κ3) is 148. The van der Waals surface area contributed by atoms with Crippen molar-refractivity contribution in [1.29, 1.82) is 0 Å². The number of rotatable bonds is 0. The fourth-order valence-corrected chi connectivity index (χ4v) is 0. The van der Waals surface area contributed by atoms with Gasteiger partial charge in [-0.05, 0) is 11.6 Å². The van der Waals surface area contributed by atoms with Crippen LogP contribution in [0.3, 0.4) is 0 Å². The van der Waals surface area contributed by atoms with Gasteiger partial charge < -0.3 is 5.21 Å². The molecule has 0 aliphatic rings. The molecule has 0 atom stereocenters. The number of carbonyl (C=O) groups excluding carboxylic acids is 1. The Morgan fingerprint density at radius 1 is 1.86 bits per heavy atom. The predicted molar refractivity (Wildman–Crippen MR) is 24.1 cm³/mol. The predicted octanol–water partition coefficient (Wildman–Crippen LogP) is 0.914. The molecule has 0 aromatic heterocycles. The minimum atomic E-state index is -0.361. The second-order valence-electron chi connectivity index (χ2n) is 0.552. The molecular weight excluding hydrogens is 121 g/mol. The lowest BCUT2D eigenvalue weighted by atomic mass is 10.9. The summed E-state index contributed by atoms with van der Waals surface area (Å²) in [5, 5.41) is 7.53. The van der Waals surface area contributed by atoms with Gasteiger partial charge in [-0.1, -0.05) is 0 Å². The Hall–Kier alpha value is -0.640. The van der Waals surface area contributed by atoms with Crippen molar-refractivity contribution < 1.29 is 10.0 Å². The number of nitrogens with zero attached hydrogens (tertiary/aromatic N) is 1. The van der Waals surface area contributed by atoms with Crippen molar-refractivity contribution in [3.8, 4) is 0 Å². The number of hydrogen-bond acceptors (Lipinski definition) is 3. The molecule has 4 nitrogen and oxygen atoms in total. The first-order valence-corrected chi connectivity index (χ1v) is 1.65. The number of carbonyl (C=O) groups is 1. The van der Waals surface area contributed by atoms with Crippen LogP contribution in [-0.2, 0) is 4.79 Å². The summed E-state index contributed by atoms with van der Waals surface area (Å²) in [6.07, 6.45) is 0. The minimum absolute atomic E-state index is 0.361. The van der Waals surface area contributed by atoms with Crippen molar-refractivity contribution in [3.05, 3.63) is 4.91 Å². The van der Waals surface area contributed by atoms with Gasteiger partial charge in [0.1, 0.15) is 0 Å². The molecular formula is C2H4ClNO3. The molecule has 0 bridgehead atoms. The molecule has 0 fully saturated rings. The molecule has 1 N–H and O–H groups in total. The maximum absolute atomic E-state index is 9.21. The zero-order valence-electron chi connectivity index (χ0n) is 3.59. The fourth-order valence-electron chi connectivity index (χ4n) is 0. The van der Waals surface area contributed by atoms with Gasteiger partial charge in [0.05, 0.1) is 0 Å². The second kappa shape index (κ2) is 9.03. The topological polar surface area (TPSA) is 66.7 Å². The summed E-state index contributed by atoms with van der Waals surface area (Å²) in [5.41, 5.74) is 0. The highest BCUT2D eigenvalue weighted by molar-refractivity contribution is 6.62. The molecule has 0 rings (SSSR count). The van der Waals surface area contributed by atoms with Crippen LogP contribution in [0.15, 0.2) is 5.34 Å². The Kier molecular flexibility index (Phi) is 12.4.